The Labute approximate surface area is 148 Å². The van der Waals surface area contributed by atoms with E-state index in [1.54, 1.807) is 6.20 Å². The lowest BCUT2D eigenvalue weighted by Gasteiger charge is -2.32. The molecular weight excluding hydrogens is 312 g/mol. The Kier molecular flexibility index (Phi) is 4.38. The Bertz CT molecular complexity index is 755. The number of nitrogens with zero attached hydrogens (tertiary/aromatic N) is 3. The number of aromatic nitrogens is 2. The molecule has 0 bridgehead atoms. The zero-order valence-electron chi connectivity index (χ0n) is 14.6. The van der Waals surface area contributed by atoms with E-state index < -0.39 is 0 Å². The number of aryl methyl sites for hydroxylation is 1. The number of benzene rings is 1. The standard InChI is InChI=1S/C20H24N4O/c1-14-4-8-17(9-5-14)22-20-21-11-10-18(23-20)16-3-2-12-24(13-16)19(25)15-6-7-15/h4-5,8-11,15-16H,2-3,6-7,12-13H2,1H3,(H,21,22,23). The lowest BCUT2D eigenvalue weighted by molar-refractivity contribution is -0.133. The highest BCUT2D eigenvalue weighted by Gasteiger charge is 2.35. The number of carbonyl (C=O) groups is 1. The Morgan fingerprint density at radius 3 is 2.72 bits per heavy atom. The van der Waals surface area contributed by atoms with Gasteiger partial charge in [-0.2, -0.15) is 0 Å². The fourth-order valence-electron chi connectivity index (χ4n) is 3.43. The number of nitrogens with one attached hydrogen (secondary N) is 1. The molecule has 2 fully saturated rings. The van der Waals surface area contributed by atoms with Gasteiger partial charge in [-0.25, -0.2) is 9.97 Å². The van der Waals surface area contributed by atoms with E-state index in [0.29, 0.717) is 23.7 Å². The molecule has 2 aliphatic rings. The molecule has 1 N–H and O–H groups in total. The van der Waals surface area contributed by atoms with E-state index in [9.17, 15) is 4.79 Å². The minimum atomic E-state index is 0.294. The maximum atomic E-state index is 12.4. The van der Waals surface area contributed by atoms with Crippen molar-refractivity contribution in [2.45, 2.75) is 38.5 Å². The van der Waals surface area contributed by atoms with E-state index in [-0.39, 0.29) is 0 Å². The molecule has 4 rings (SSSR count). The topological polar surface area (TPSA) is 58.1 Å². The van der Waals surface area contributed by atoms with Crippen LogP contribution >= 0.6 is 0 Å². The van der Waals surface area contributed by atoms with Crippen LogP contribution in [0.3, 0.4) is 0 Å². The molecule has 1 amide bonds. The first kappa shape index (κ1) is 16.1. The van der Waals surface area contributed by atoms with Gasteiger partial charge in [-0.05, 0) is 50.8 Å². The first-order valence-corrected chi connectivity index (χ1v) is 9.14. The normalized spacial score (nSPS) is 20.4. The van der Waals surface area contributed by atoms with Gasteiger partial charge in [-0.3, -0.25) is 4.79 Å². The number of anilines is 2. The van der Waals surface area contributed by atoms with Gasteiger partial charge in [0.25, 0.3) is 0 Å². The van der Waals surface area contributed by atoms with Crippen LogP contribution in [0.15, 0.2) is 36.5 Å². The molecule has 1 unspecified atom stereocenters. The quantitative estimate of drug-likeness (QED) is 0.926. The maximum Gasteiger partial charge on any atom is 0.227 e. The van der Waals surface area contributed by atoms with Gasteiger partial charge in [0.05, 0.1) is 5.69 Å². The third-order valence-electron chi connectivity index (χ3n) is 5.06. The van der Waals surface area contributed by atoms with Gasteiger partial charge in [0.2, 0.25) is 11.9 Å². The van der Waals surface area contributed by atoms with Crippen LogP contribution in [0.5, 0.6) is 0 Å². The van der Waals surface area contributed by atoms with E-state index in [1.165, 1.54) is 5.56 Å². The van der Waals surface area contributed by atoms with Gasteiger partial charge < -0.3 is 10.2 Å². The Balaban J connectivity index is 1.46. The molecule has 1 aliphatic heterocycles. The summed E-state index contributed by atoms with van der Waals surface area (Å²) in [5.41, 5.74) is 3.23. The second kappa shape index (κ2) is 6.82. The van der Waals surface area contributed by atoms with E-state index in [0.717, 1.165) is 50.2 Å². The summed E-state index contributed by atoms with van der Waals surface area (Å²) < 4.78 is 0. The first-order chi connectivity index (χ1) is 12.2. The number of hydrogen-bond acceptors (Lipinski definition) is 4. The Morgan fingerprint density at radius 2 is 1.96 bits per heavy atom. The van der Waals surface area contributed by atoms with Crippen molar-refractivity contribution in [1.82, 2.24) is 14.9 Å². The zero-order chi connectivity index (χ0) is 17.2. The molecule has 1 saturated carbocycles. The molecule has 130 valence electrons. The fraction of sp³-hybridized carbons (Fsp3) is 0.450. The van der Waals surface area contributed by atoms with Crippen molar-refractivity contribution in [2.75, 3.05) is 18.4 Å². The smallest absolute Gasteiger partial charge is 0.227 e. The highest BCUT2D eigenvalue weighted by atomic mass is 16.2. The predicted octanol–water partition coefficient (Wildman–Crippen LogP) is 3.64. The van der Waals surface area contributed by atoms with E-state index in [1.807, 2.05) is 23.1 Å². The number of rotatable bonds is 4. The van der Waals surface area contributed by atoms with Crippen molar-refractivity contribution in [3.05, 3.63) is 47.8 Å². The maximum absolute atomic E-state index is 12.4. The third kappa shape index (κ3) is 3.81. The molecule has 1 aliphatic carbocycles. The summed E-state index contributed by atoms with van der Waals surface area (Å²) in [7, 11) is 0. The Morgan fingerprint density at radius 1 is 1.16 bits per heavy atom. The van der Waals surface area contributed by atoms with Crippen LogP contribution in [-0.4, -0.2) is 33.9 Å². The molecule has 25 heavy (non-hydrogen) atoms. The molecular formula is C20H24N4O. The second-order valence-electron chi connectivity index (χ2n) is 7.19. The third-order valence-corrected chi connectivity index (χ3v) is 5.06. The van der Waals surface area contributed by atoms with Crippen molar-refractivity contribution >= 4 is 17.5 Å². The molecule has 5 heteroatoms. The van der Waals surface area contributed by atoms with Gasteiger partial charge in [0, 0.05) is 36.8 Å². The monoisotopic (exact) mass is 336 g/mol. The molecule has 0 spiro atoms. The van der Waals surface area contributed by atoms with Gasteiger partial charge in [0.15, 0.2) is 0 Å². The molecule has 2 heterocycles. The van der Waals surface area contributed by atoms with Crippen LogP contribution in [-0.2, 0) is 4.79 Å². The summed E-state index contributed by atoms with van der Waals surface area (Å²) in [6, 6.07) is 10.2. The predicted molar refractivity (Wildman–Crippen MR) is 97.8 cm³/mol. The van der Waals surface area contributed by atoms with Gasteiger partial charge in [0.1, 0.15) is 0 Å². The van der Waals surface area contributed by atoms with Gasteiger partial charge >= 0.3 is 0 Å². The summed E-state index contributed by atoms with van der Waals surface area (Å²) in [5, 5.41) is 3.27. The van der Waals surface area contributed by atoms with E-state index >= 15 is 0 Å². The molecule has 1 saturated heterocycles. The number of piperidine rings is 1. The van der Waals surface area contributed by atoms with Crippen LogP contribution in [0.4, 0.5) is 11.6 Å². The number of amides is 1. The van der Waals surface area contributed by atoms with E-state index in [2.05, 4.69) is 29.4 Å². The van der Waals surface area contributed by atoms with Crippen molar-refractivity contribution in [3.8, 4) is 0 Å². The van der Waals surface area contributed by atoms with Crippen LogP contribution in [0, 0.1) is 12.8 Å². The highest BCUT2D eigenvalue weighted by molar-refractivity contribution is 5.81. The molecule has 1 aromatic heterocycles. The Hall–Kier alpha value is -2.43. The largest absolute Gasteiger partial charge is 0.342 e. The van der Waals surface area contributed by atoms with Gasteiger partial charge in [-0.1, -0.05) is 17.7 Å². The number of hydrogen-bond donors (Lipinski definition) is 1. The average molecular weight is 336 g/mol. The summed E-state index contributed by atoms with van der Waals surface area (Å²) in [5.74, 6) is 1.56. The zero-order valence-corrected chi connectivity index (χ0v) is 14.6. The number of carbonyl (C=O) groups excluding carboxylic acids is 1. The van der Waals surface area contributed by atoms with Crippen molar-refractivity contribution in [3.63, 3.8) is 0 Å². The summed E-state index contributed by atoms with van der Waals surface area (Å²) >= 11 is 0. The summed E-state index contributed by atoms with van der Waals surface area (Å²) in [6.07, 6.45) is 6.07. The molecule has 1 atom stereocenters. The molecule has 0 radical (unpaired) electrons. The molecule has 5 nitrogen and oxygen atoms in total. The lowest BCUT2D eigenvalue weighted by atomic mass is 9.94. The SMILES string of the molecule is Cc1ccc(Nc2nccc(C3CCCN(C(=O)C4CC4)C3)n2)cc1. The molecule has 2 aromatic rings. The summed E-state index contributed by atoms with van der Waals surface area (Å²) in [4.78, 5) is 23.4. The first-order valence-electron chi connectivity index (χ1n) is 9.14. The van der Waals surface area contributed by atoms with Crippen LogP contribution in [0.25, 0.3) is 0 Å². The fourth-order valence-corrected chi connectivity index (χ4v) is 3.43. The molecule has 1 aromatic carbocycles. The van der Waals surface area contributed by atoms with E-state index in [4.69, 9.17) is 4.98 Å². The second-order valence-corrected chi connectivity index (χ2v) is 7.19. The van der Waals surface area contributed by atoms with Gasteiger partial charge in [-0.15, -0.1) is 0 Å². The van der Waals surface area contributed by atoms with Crippen molar-refractivity contribution in [1.29, 1.82) is 0 Å². The van der Waals surface area contributed by atoms with Crippen LogP contribution < -0.4 is 5.32 Å². The average Bonchev–Trinajstić information content (AvgIpc) is 3.49. The highest BCUT2D eigenvalue weighted by Crippen LogP contribution is 2.34. The summed E-state index contributed by atoms with van der Waals surface area (Å²) in [6.45, 7) is 3.75. The van der Waals surface area contributed by atoms with Crippen molar-refractivity contribution < 1.29 is 4.79 Å². The minimum Gasteiger partial charge on any atom is -0.342 e. The lowest BCUT2D eigenvalue weighted by Crippen LogP contribution is -2.40. The minimum absolute atomic E-state index is 0.294. The number of likely N-dealkylation sites (tertiary alicyclic amines) is 1. The van der Waals surface area contributed by atoms with Crippen molar-refractivity contribution in [2.24, 2.45) is 5.92 Å². The van der Waals surface area contributed by atoms with Crippen LogP contribution in [0.2, 0.25) is 0 Å². The van der Waals surface area contributed by atoms with Crippen LogP contribution in [0.1, 0.15) is 42.9 Å².